The molecule has 1 saturated carbocycles. The Balaban J connectivity index is 1.27. The minimum absolute atomic E-state index is 0.00841. The number of hydrogen-bond donors (Lipinski definition) is 1. The maximum atomic E-state index is 11.9. The van der Waals surface area contributed by atoms with Crippen molar-refractivity contribution in [1.82, 2.24) is 10.2 Å². The van der Waals surface area contributed by atoms with Crippen LogP contribution in [-0.4, -0.2) is 44.7 Å². The zero-order valence-corrected chi connectivity index (χ0v) is 19.0. The van der Waals surface area contributed by atoms with Crippen molar-refractivity contribution >= 4 is 11.7 Å². The van der Waals surface area contributed by atoms with Gasteiger partial charge < -0.3 is 19.9 Å². The van der Waals surface area contributed by atoms with E-state index in [4.69, 9.17) is 4.74 Å². The second-order valence-corrected chi connectivity index (χ2v) is 9.24. The molecule has 31 heavy (non-hydrogen) atoms. The van der Waals surface area contributed by atoms with Crippen LogP contribution in [0.3, 0.4) is 0 Å². The van der Waals surface area contributed by atoms with Gasteiger partial charge in [0, 0.05) is 32.9 Å². The molecular formula is C26H35N3O2. The summed E-state index contributed by atoms with van der Waals surface area (Å²) in [4.78, 5) is 15.9. The smallest absolute Gasteiger partial charge is 0.317 e. The average Bonchev–Trinajstić information content (AvgIpc) is 3.63. The number of hydrogen-bond acceptors (Lipinski definition) is 3. The van der Waals surface area contributed by atoms with Crippen LogP contribution in [0.15, 0.2) is 48.5 Å². The van der Waals surface area contributed by atoms with Gasteiger partial charge in [-0.3, -0.25) is 0 Å². The maximum Gasteiger partial charge on any atom is 0.317 e. The molecule has 1 N–H and O–H groups in total. The van der Waals surface area contributed by atoms with Crippen molar-refractivity contribution in [3.8, 4) is 5.75 Å². The van der Waals surface area contributed by atoms with Gasteiger partial charge in [0.2, 0.25) is 0 Å². The van der Waals surface area contributed by atoms with Gasteiger partial charge in [-0.2, -0.15) is 0 Å². The third kappa shape index (κ3) is 5.72. The summed E-state index contributed by atoms with van der Waals surface area (Å²) in [5.74, 6) is 2.41. The zero-order chi connectivity index (χ0) is 21.8. The van der Waals surface area contributed by atoms with Crippen molar-refractivity contribution in [1.29, 1.82) is 0 Å². The largest absolute Gasteiger partial charge is 0.493 e. The average molecular weight is 422 g/mol. The van der Waals surface area contributed by atoms with E-state index in [2.05, 4.69) is 58.7 Å². The highest BCUT2D eigenvalue weighted by molar-refractivity contribution is 5.74. The topological polar surface area (TPSA) is 44.8 Å². The van der Waals surface area contributed by atoms with Gasteiger partial charge in [0.15, 0.2) is 0 Å². The Labute approximate surface area is 186 Å². The fraction of sp³-hybridized carbons (Fsp3) is 0.500. The number of nitrogens with zero attached hydrogens (tertiary/aromatic N) is 2. The van der Waals surface area contributed by atoms with Crippen molar-refractivity contribution in [2.75, 3.05) is 38.7 Å². The predicted molar refractivity (Wildman–Crippen MR) is 126 cm³/mol. The number of amides is 2. The Bertz CT molecular complexity index is 851. The Morgan fingerprint density at radius 3 is 2.26 bits per heavy atom. The van der Waals surface area contributed by atoms with Crippen LogP contribution in [0, 0.1) is 5.92 Å². The standard InChI is InChI=1S/C26H35N3O2/c1-19(27-26(30)28(2)3)21-6-10-24(11-7-21)29-16-14-23(15-17-29)22-8-12-25(13-9-22)31-18-20-4-5-20/h6-13,19-20,23H,4-5,14-18H2,1-3H3,(H,27,30)/t19-/m0/s1. The van der Waals surface area contributed by atoms with Gasteiger partial charge in [-0.05, 0) is 79.8 Å². The Morgan fingerprint density at radius 1 is 1.03 bits per heavy atom. The van der Waals surface area contributed by atoms with Crippen molar-refractivity contribution < 1.29 is 9.53 Å². The molecule has 2 aromatic rings. The van der Waals surface area contributed by atoms with E-state index in [0.29, 0.717) is 5.92 Å². The number of anilines is 1. The summed E-state index contributed by atoms with van der Waals surface area (Å²) in [6.07, 6.45) is 4.98. The molecular weight excluding hydrogens is 386 g/mol. The summed E-state index contributed by atoms with van der Waals surface area (Å²) < 4.78 is 5.87. The van der Waals surface area contributed by atoms with E-state index in [0.717, 1.165) is 36.9 Å². The van der Waals surface area contributed by atoms with Crippen molar-refractivity contribution in [2.45, 2.75) is 44.6 Å². The summed E-state index contributed by atoms with van der Waals surface area (Å²) in [5, 5.41) is 3.00. The molecule has 2 amide bonds. The van der Waals surface area contributed by atoms with Gasteiger partial charge in [0.25, 0.3) is 0 Å². The molecule has 5 heteroatoms. The van der Waals surface area contributed by atoms with E-state index in [9.17, 15) is 4.79 Å². The van der Waals surface area contributed by atoms with Crippen LogP contribution in [0.4, 0.5) is 10.5 Å². The summed E-state index contributed by atoms with van der Waals surface area (Å²) in [6, 6.07) is 17.3. The highest BCUT2D eigenvalue weighted by Crippen LogP contribution is 2.33. The fourth-order valence-corrected chi connectivity index (χ4v) is 4.18. The number of rotatable bonds is 7. The van der Waals surface area contributed by atoms with Gasteiger partial charge in [0.1, 0.15) is 5.75 Å². The Hall–Kier alpha value is -2.69. The number of nitrogens with one attached hydrogen (secondary N) is 1. The van der Waals surface area contributed by atoms with Crippen LogP contribution in [0.25, 0.3) is 0 Å². The quantitative estimate of drug-likeness (QED) is 0.669. The number of piperidine rings is 1. The molecule has 0 radical (unpaired) electrons. The highest BCUT2D eigenvalue weighted by atomic mass is 16.5. The number of ether oxygens (including phenoxy) is 1. The molecule has 5 nitrogen and oxygen atoms in total. The lowest BCUT2D eigenvalue weighted by Crippen LogP contribution is -2.36. The number of benzene rings is 2. The normalized spacial score (nSPS) is 17.8. The maximum absolute atomic E-state index is 11.9. The molecule has 0 aromatic heterocycles. The molecule has 0 spiro atoms. The van der Waals surface area contributed by atoms with Crippen LogP contribution in [0.2, 0.25) is 0 Å². The lowest BCUT2D eigenvalue weighted by Gasteiger charge is -2.34. The van der Waals surface area contributed by atoms with Gasteiger partial charge in [0.05, 0.1) is 12.6 Å². The molecule has 0 bridgehead atoms. The number of carbonyl (C=O) groups is 1. The molecule has 1 aliphatic heterocycles. The molecule has 1 atom stereocenters. The van der Waals surface area contributed by atoms with E-state index in [-0.39, 0.29) is 12.1 Å². The first-order valence-corrected chi connectivity index (χ1v) is 11.5. The molecule has 1 aliphatic carbocycles. The summed E-state index contributed by atoms with van der Waals surface area (Å²) >= 11 is 0. The predicted octanol–water partition coefficient (Wildman–Crippen LogP) is 5.19. The molecule has 2 fully saturated rings. The van der Waals surface area contributed by atoms with Gasteiger partial charge in [-0.25, -0.2) is 4.79 Å². The van der Waals surface area contributed by atoms with Crippen LogP contribution in [0.1, 0.15) is 55.7 Å². The zero-order valence-electron chi connectivity index (χ0n) is 19.0. The van der Waals surface area contributed by atoms with Crippen molar-refractivity contribution in [3.05, 3.63) is 59.7 Å². The van der Waals surface area contributed by atoms with Gasteiger partial charge in [-0.1, -0.05) is 24.3 Å². The highest BCUT2D eigenvalue weighted by Gasteiger charge is 2.23. The van der Waals surface area contributed by atoms with Gasteiger partial charge in [-0.15, -0.1) is 0 Å². The van der Waals surface area contributed by atoms with Crippen molar-refractivity contribution in [3.63, 3.8) is 0 Å². The second-order valence-electron chi connectivity index (χ2n) is 9.24. The third-order valence-electron chi connectivity index (χ3n) is 6.53. The van der Waals surface area contributed by atoms with Gasteiger partial charge >= 0.3 is 6.03 Å². The second kappa shape index (κ2) is 9.63. The monoisotopic (exact) mass is 421 g/mol. The lowest BCUT2D eigenvalue weighted by molar-refractivity contribution is 0.214. The molecule has 1 heterocycles. The molecule has 4 rings (SSSR count). The van der Waals surface area contributed by atoms with Crippen LogP contribution < -0.4 is 15.0 Å². The fourth-order valence-electron chi connectivity index (χ4n) is 4.18. The molecule has 1 saturated heterocycles. The first-order chi connectivity index (χ1) is 15.0. The minimum atomic E-state index is -0.0684. The lowest BCUT2D eigenvalue weighted by atomic mass is 9.89. The Kier molecular flexibility index (Phi) is 6.69. The van der Waals surface area contributed by atoms with Crippen LogP contribution >= 0.6 is 0 Å². The van der Waals surface area contributed by atoms with E-state index in [1.807, 2.05) is 6.92 Å². The number of urea groups is 1. The molecule has 2 aromatic carbocycles. The number of carbonyl (C=O) groups excluding carboxylic acids is 1. The van der Waals surface area contributed by atoms with E-state index < -0.39 is 0 Å². The minimum Gasteiger partial charge on any atom is -0.493 e. The first-order valence-electron chi connectivity index (χ1n) is 11.5. The molecule has 166 valence electrons. The van der Waals surface area contributed by atoms with Crippen molar-refractivity contribution in [2.24, 2.45) is 5.92 Å². The van der Waals surface area contributed by atoms with E-state index in [1.54, 1.807) is 19.0 Å². The van der Waals surface area contributed by atoms with E-state index in [1.165, 1.54) is 36.9 Å². The molecule has 2 aliphatic rings. The SMILES string of the molecule is C[C@H](NC(=O)N(C)C)c1ccc(N2CCC(c3ccc(OCC4CC4)cc3)CC2)cc1. The summed E-state index contributed by atoms with van der Waals surface area (Å²) in [7, 11) is 3.51. The van der Waals surface area contributed by atoms with E-state index >= 15 is 0 Å². The summed E-state index contributed by atoms with van der Waals surface area (Å²) in [5.41, 5.74) is 3.81. The summed E-state index contributed by atoms with van der Waals surface area (Å²) in [6.45, 7) is 5.02. The molecule has 0 unspecified atom stereocenters. The van der Waals surface area contributed by atoms with Crippen LogP contribution in [0.5, 0.6) is 5.75 Å². The Morgan fingerprint density at radius 2 is 1.68 bits per heavy atom. The third-order valence-corrected chi connectivity index (χ3v) is 6.53. The van der Waals surface area contributed by atoms with Crippen LogP contribution in [-0.2, 0) is 0 Å². The first kappa shape index (κ1) is 21.5.